The Morgan fingerprint density at radius 1 is 1.71 bits per heavy atom. The van der Waals surface area contributed by atoms with E-state index in [9.17, 15) is 9.90 Å². The number of carbonyl (C=O) groups is 1. The third-order valence-corrected chi connectivity index (χ3v) is 3.56. The Morgan fingerprint density at radius 2 is 2.53 bits per heavy atom. The van der Waals surface area contributed by atoms with Crippen LogP contribution in [0.15, 0.2) is 18.7 Å². The molecule has 1 aromatic heterocycles. The predicted octanol–water partition coefficient (Wildman–Crippen LogP) is 1.43. The van der Waals surface area contributed by atoms with Crippen LogP contribution in [0.3, 0.4) is 0 Å². The Bertz CT molecular complexity index is 377. The minimum absolute atomic E-state index is 0.248. The van der Waals surface area contributed by atoms with Gasteiger partial charge in [0.15, 0.2) is 0 Å². The molecule has 1 aliphatic rings. The van der Waals surface area contributed by atoms with Crippen molar-refractivity contribution in [1.29, 1.82) is 0 Å². The van der Waals surface area contributed by atoms with Gasteiger partial charge < -0.3 is 15.0 Å². The van der Waals surface area contributed by atoms with E-state index in [0.717, 1.165) is 19.4 Å². The molecule has 0 saturated heterocycles. The van der Waals surface area contributed by atoms with Gasteiger partial charge in [-0.1, -0.05) is 6.92 Å². The molecule has 94 valence electrons. The largest absolute Gasteiger partial charge is 0.480 e. The van der Waals surface area contributed by atoms with Gasteiger partial charge in [-0.2, -0.15) is 0 Å². The first kappa shape index (κ1) is 12.1. The van der Waals surface area contributed by atoms with E-state index in [-0.39, 0.29) is 6.04 Å². The summed E-state index contributed by atoms with van der Waals surface area (Å²) in [6.07, 6.45) is 8.57. The summed E-state index contributed by atoms with van der Waals surface area (Å²) in [4.78, 5) is 15.5. The van der Waals surface area contributed by atoms with E-state index < -0.39 is 11.5 Å². The molecule has 5 heteroatoms. The number of carboxylic acid groups (broad SMARTS) is 1. The van der Waals surface area contributed by atoms with Gasteiger partial charge in [0.05, 0.1) is 6.33 Å². The first-order valence-corrected chi connectivity index (χ1v) is 6.14. The fourth-order valence-corrected chi connectivity index (χ4v) is 2.55. The highest BCUT2D eigenvalue weighted by Crippen LogP contribution is 2.37. The molecule has 1 heterocycles. The van der Waals surface area contributed by atoms with Gasteiger partial charge in [-0.3, -0.25) is 4.79 Å². The van der Waals surface area contributed by atoms with Crippen molar-refractivity contribution < 1.29 is 9.90 Å². The predicted molar refractivity (Wildman–Crippen MR) is 63.8 cm³/mol. The van der Waals surface area contributed by atoms with Crippen LogP contribution < -0.4 is 5.32 Å². The summed E-state index contributed by atoms with van der Waals surface area (Å²) in [5, 5.41) is 12.6. The molecule has 2 unspecified atom stereocenters. The lowest BCUT2D eigenvalue weighted by Gasteiger charge is -2.26. The molecule has 0 spiro atoms. The van der Waals surface area contributed by atoms with Crippen LogP contribution in [0.1, 0.15) is 38.6 Å². The molecular weight excluding hydrogens is 218 g/mol. The molecular formula is C12H19N3O2. The van der Waals surface area contributed by atoms with Crippen LogP contribution in [0, 0.1) is 0 Å². The number of rotatable bonds is 5. The second-order valence-corrected chi connectivity index (χ2v) is 4.72. The number of nitrogens with one attached hydrogen (secondary N) is 1. The topological polar surface area (TPSA) is 67.2 Å². The number of hydrogen-bond donors (Lipinski definition) is 2. The van der Waals surface area contributed by atoms with E-state index in [1.165, 1.54) is 0 Å². The summed E-state index contributed by atoms with van der Waals surface area (Å²) in [7, 11) is 0. The third-order valence-electron chi connectivity index (χ3n) is 3.56. The second kappa shape index (κ2) is 4.87. The molecule has 17 heavy (non-hydrogen) atoms. The lowest BCUT2D eigenvalue weighted by Crippen LogP contribution is -2.50. The van der Waals surface area contributed by atoms with Gasteiger partial charge in [0.2, 0.25) is 0 Å². The first-order valence-electron chi connectivity index (χ1n) is 6.14. The lowest BCUT2D eigenvalue weighted by atomic mass is 9.97. The van der Waals surface area contributed by atoms with Crippen molar-refractivity contribution in [3.8, 4) is 0 Å². The average Bonchev–Trinajstić information content (AvgIpc) is 2.96. The molecule has 0 amide bonds. The van der Waals surface area contributed by atoms with Crippen LogP contribution in [0.2, 0.25) is 0 Å². The van der Waals surface area contributed by atoms with E-state index in [1.54, 1.807) is 12.5 Å². The summed E-state index contributed by atoms with van der Waals surface area (Å²) in [6.45, 7) is 2.80. The first-order chi connectivity index (χ1) is 8.18. The summed E-state index contributed by atoms with van der Waals surface area (Å²) in [5.41, 5.74) is -0.745. The normalized spacial score (nSPS) is 28.4. The molecule has 5 nitrogen and oxygen atoms in total. The maximum absolute atomic E-state index is 11.5. The zero-order chi connectivity index (χ0) is 12.3. The molecule has 0 aliphatic heterocycles. The van der Waals surface area contributed by atoms with Gasteiger partial charge in [0.25, 0.3) is 0 Å². The zero-order valence-corrected chi connectivity index (χ0v) is 10.1. The van der Waals surface area contributed by atoms with Crippen LogP contribution in [0.25, 0.3) is 0 Å². The van der Waals surface area contributed by atoms with Crippen LogP contribution in [-0.4, -0.2) is 32.7 Å². The van der Waals surface area contributed by atoms with Crippen molar-refractivity contribution >= 4 is 5.97 Å². The standard InChI is InChI=1S/C12H19N3O2/c1-2-5-14-12(11(16)17)4-3-10(8-12)15-7-6-13-9-15/h6-7,9-10,14H,2-5,8H2,1H3,(H,16,17). The summed E-state index contributed by atoms with van der Waals surface area (Å²) in [5.74, 6) is -0.728. The highest BCUT2D eigenvalue weighted by Gasteiger charge is 2.45. The third kappa shape index (κ3) is 2.34. The maximum atomic E-state index is 11.5. The number of carboxylic acids is 1. The van der Waals surface area contributed by atoms with Gasteiger partial charge in [0.1, 0.15) is 5.54 Å². The van der Waals surface area contributed by atoms with E-state index in [2.05, 4.69) is 10.3 Å². The Morgan fingerprint density at radius 3 is 3.12 bits per heavy atom. The highest BCUT2D eigenvalue weighted by atomic mass is 16.4. The van der Waals surface area contributed by atoms with E-state index >= 15 is 0 Å². The molecule has 2 atom stereocenters. The summed E-state index contributed by atoms with van der Waals surface area (Å²) >= 11 is 0. The van der Waals surface area contributed by atoms with Crippen molar-refractivity contribution in [2.75, 3.05) is 6.54 Å². The Hall–Kier alpha value is -1.36. The highest BCUT2D eigenvalue weighted by molar-refractivity contribution is 5.79. The second-order valence-electron chi connectivity index (χ2n) is 4.72. The monoisotopic (exact) mass is 237 g/mol. The molecule has 1 saturated carbocycles. The molecule has 1 aromatic rings. The van der Waals surface area contributed by atoms with Crippen molar-refractivity contribution in [2.24, 2.45) is 0 Å². The van der Waals surface area contributed by atoms with Gasteiger partial charge in [-0.15, -0.1) is 0 Å². The molecule has 2 rings (SSSR count). The van der Waals surface area contributed by atoms with Gasteiger partial charge in [0, 0.05) is 18.4 Å². The van der Waals surface area contributed by atoms with Gasteiger partial charge in [-0.05, 0) is 32.2 Å². The Balaban J connectivity index is 2.08. The average molecular weight is 237 g/mol. The minimum Gasteiger partial charge on any atom is -0.480 e. The fourth-order valence-electron chi connectivity index (χ4n) is 2.55. The van der Waals surface area contributed by atoms with Crippen molar-refractivity contribution in [3.05, 3.63) is 18.7 Å². The van der Waals surface area contributed by atoms with Crippen LogP contribution >= 0.6 is 0 Å². The van der Waals surface area contributed by atoms with Crippen molar-refractivity contribution in [1.82, 2.24) is 14.9 Å². The minimum atomic E-state index is -0.745. The lowest BCUT2D eigenvalue weighted by molar-refractivity contribution is -0.144. The van der Waals surface area contributed by atoms with Crippen LogP contribution in [-0.2, 0) is 4.79 Å². The van der Waals surface area contributed by atoms with Crippen LogP contribution in [0.4, 0.5) is 0 Å². The number of nitrogens with zero attached hydrogens (tertiary/aromatic N) is 2. The quantitative estimate of drug-likeness (QED) is 0.813. The van der Waals surface area contributed by atoms with Crippen LogP contribution in [0.5, 0.6) is 0 Å². The van der Waals surface area contributed by atoms with Crippen molar-refractivity contribution in [3.63, 3.8) is 0 Å². The van der Waals surface area contributed by atoms with Crippen molar-refractivity contribution in [2.45, 2.75) is 44.2 Å². The SMILES string of the molecule is CCCNC1(C(=O)O)CCC(n2ccnc2)C1. The molecule has 0 aromatic carbocycles. The maximum Gasteiger partial charge on any atom is 0.323 e. The smallest absolute Gasteiger partial charge is 0.323 e. The van der Waals surface area contributed by atoms with E-state index in [0.29, 0.717) is 12.8 Å². The Kier molecular flexibility index (Phi) is 3.47. The van der Waals surface area contributed by atoms with Gasteiger partial charge in [-0.25, -0.2) is 4.98 Å². The molecule has 2 N–H and O–H groups in total. The zero-order valence-electron chi connectivity index (χ0n) is 10.1. The number of aliphatic carboxylic acids is 1. The van der Waals surface area contributed by atoms with E-state index in [1.807, 2.05) is 17.7 Å². The number of hydrogen-bond acceptors (Lipinski definition) is 3. The van der Waals surface area contributed by atoms with E-state index in [4.69, 9.17) is 0 Å². The molecule has 1 fully saturated rings. The molecule has 1 aliphatic carbocycles. The summed E-state index contributed by atoms with van der Waals surface area (Å²) < 4.78 is 2.01. The molecule has 0 bridgehead atoms. The Labute approximate surface area is 101 Å². The fraction of sp³-hybridized carbons (Fsp3) is 0.667. The summed E-state index contributed by atoms with van der Waals surface area (Å²) in [6, 6.07) is 0.248. The molecule has 0 radical (unpaired) electrons. The van der Waals surface area contributed by atoms with Gasteiger partial charge >= 0.3 is 5.97 Å². The number of imidazole rings is 1. The number of aromatic nitrogens is 2.